The molecular weight excluding hydrogens is 225 g/mol. The zero-order valence-electron chi connectivity index (χ0n) is 8.77. The van der Waals surface area contributed by atoms with E-state index in [1.165, 1.54) is 12.3 Å². The van der Waals surface area contributed by atoms with Crippen molar-refractivity contribution in [2.75, 3.05) is 0 Å². The number of pyridine rings is 1. The highest BCUT2D eigenvalue weighted by Crippen LogP contribution is 2.26. The van der Waals surface area contributed by atoms with E-state index in [2.05, 4.69) is 10.4 Å². The quantitative estimate of drug-likeness (QED) is 0.635. The van der Waals surface area contributed by atoms with Crippen molar-refractivity contribution in [2.45, 2.75) is 13.0 Å². The molecule has 0 bridgehead atoms. The molecular formula is C11H12FN3S. The predicted octanol–water partition coefficient (Wildman–Crippen LogP) is 2.14. The summed E-state index contributed by atoms with van der Waals surface area (Å²) in [5.74, 6) is 5.16. The Morgan fingerprint density at radius 3 is 2.81 bits per heavy atom. The SMILES string of the molecule is Cc1cscc1C(NN)c1cncc(F)c1. The van der Waals surface area contributed by atoms with Gasteiger partial charge in [0.1, 0.15) is 5.82 Å². The first kappa shape index (κ1) is 11.2. The summed E-state index contributed by atoms with van der Waals surface area (Å²) < 4.78 is 13.1. The minimum Gasteiger partial charge on any atom is -0.271 e. The molecule has 2 aromatic rings. The van der Waals surface area contributed by atoms with Crippen LogP contribution in [0.3, 0.4) is 0 Å². The fraction of sp³-hybridized carbons (Fsp3) is 0.182. The zero-order valence-corrected chi connectivity index (χ0v) is 9.59. The van der Waals surface area contributed by atoms with Crippen LogP contribution in [0.5, 0.6) is 0 Å². The summed E-state index contributed by atoms with van der Waals surface area (Å²) in [5, 5.41) is 4.04. The largest absolute Gasteiger partial charge is 0.271 e. The van der Waals surface area contributed by atoms with Crippen LogP contribution in [0.15, 0.2) is 29.2 Å². The molecule has 1 atom stereocenters. The first-order valence-corrected chi connectivity index (χ1v) is 5.76. The fourth-order valence-corrected chi connectivity index (χ4v) is 2.49. The second-order valence-corrected chi connectivity index (χ2v) is 4.29. The van der Waals surface area contributed by atoms with E-state index in [-0.39, 0.29) is 11.9 Å². The van der Waals surface area contributed by atoms with Gasteiger partial charge in [0.05, 0.1) is 12.2 Å². The van der Waals surface area contributed by atoms with Crippen LogP contribution in [0.4, 0.5) is 4.39 Å². The average molecular weight is 237 g/mol. The number of rotatable bonds is 3. The topological polar surface area (TPSA) is 50.9 Å². The lowest BCUT2D eigenvalue weighted by molar-refractivity contribution is 0.597. The number of aromatic nitrogens is 1. The Hall–Kier alpha value is -1.30. The lowest BCUT2D eigenvalue weighted by Gasteiger charge is -2.16. The molecule has 2 heterocycles. The second kappa shape index (κ2) is 4.69. The first-order chi connectivity index (χ1) is 7.72. The molecule has 0 radical (unpaired) electrons. The second-order valence-electron chi connectivity index (χ2n) is 3.55. The molecule has 16 heavy (non-hydrogen) atoms. The summed E-state index contributed by atoms with van der Waals surface area (Å²) in [6, 6.07) is 1.23. The van der Waals surface area contributed by atoms with E-state index >= 15 is 0 Å². The monoisotopic (exact) mass is 237 g/mol. The van der Waals surface area contributed by atoms with Crippen molar-refractivity contribution in [1.29, 1.82) is 0 Å². The lowest BCUT2D eigenvalue weighted by Crippen LogP contribution is -2.29. The van der Waals surface area contributed by atoms with E-state index in [0.29, 0.717) is 0 Å². The van der Waals surface area contributed by atoms with Crippen molar-refractivity contribution < 1.29 is 4.39 Å². The van der Waals surface area contributed by atoms with E-state index in [4.69, 9.17) is 5.84 Å². The van der Waals surface area contributed by atoms with Gasteiger partial charge < -0.3 is 0 Å². The van der Waals surface area contributed by atoms with Crippen LogP contribution in [-0.2, 0) is 0 Å². The zero-order chi connectivity index (χ0) is 11.5. The summed E-state index contributed by atoms with van der Waals surface area (Å²) in [7, 11) is 0. The van der Waals surface area contributed by atoms with Gasteiger partial charge >= 0.3 is 0 Å². The maximum absolute atomic E-state index is 13.1. The van der Waals surface area contributed by atoms with Gasteiger partial charge in [0.25, 0.3) is 0 Å². The Balaban J connectivity index is 2.40. The number of nitrogens with one attached hydrogen (secondary N) is 1. The van der Waals surface area contributed by atoms with Crippen LogP contribution in [0.1, 0.15) is 22.7 Å². The van der Waals surface area contributed by atoms with E-state index in [9.17, 15) is 4.39 Å². The Morgan fingerprint density at radius 2 is 2.25 bits per heavy atom. The average Bonchev–Trinajstić information content (AvgIpc) is 2.67. The minimum absolute atomic E-state index is 0.213. The number of thiophene rings is 1. The minimum atomic E-state index is -0.356. The van der Waals surface area contributed by atoms with E-state index in [0.717, 1.165) is 16.7 Å². The van der Waals surface area contributed by atoms with Crippen molar-refractivity contribution in [2.24, 2.45) is 5.84 Å². The molecule has 0 aliphatic rings. The maximum atomic E-state index is 13.1. The molecule has 0 fully saturated rings. The Kier molecular flexibility index (Phi) is 3.28. The predicted molar refractivity (Wildman–Crippen MR) is 62.4 cm³/mol. The molecule has 3 N–H and O–H groups in total. The van der Waals surface area contributed by atoms with Gasteiger partial charge in [0.15, 0.2) is 0 Å². The van der Waals surface area contributed by atoms with Gasteiger partial charge in [-0.3, -0.25) is 10.8 Å². The van der Waals surface area contributed by atoms with Crippen molar-refractivity contribution >= 4 is 11.3 Å². The van der Waals surface area contributed by atoms with Crippen LogP contribution in [-0.4, -0.2) is 4.98 Å². The molecule has 2 rings (SSSR count). The third kappa shape index (κ3) is 2.11. The number of hydrogen-bond donors (Lipinski definition) is 2. The summed E-state index contributed by atoms with van der Waals surface area (Å²) in [4.78, 5) is 3.83. The molecule has 0 spiro atoms. The van der Waals surface area contributed by atoms with Crippen LogP contribution < -0.4 is 11.3 Å². The molecule has 0 saturated carbocycles. The normalized spacial score (nSPS) is 12.7. The number of nitrogens with zero attached hydrogens (tertiary/aromatic N) is 1. The first-order valence-electron chi connectivity index (χ1n) is 4.81. The van der Waals surface area contributed by atoms with E-state index in [1.807, 2.05) is 17.7 Å². The Morgan fingerprint density at radius 1 is 1.44 bits per heavy atom. The van der Waals surface area contributed by atoms with Crippen molar-refractivity contribution in [3.8, 4) is 0 Å². The lowest BCUT2D eigenvalue weighted by atomic mass is 10.0. The third-order valence-electron chi connectivity index (χ3n) is 2.43. The molecule has 0 aromatic carbocycles. The number of nitrogens with two attached hydrogens (primary N) is 1. The van der Waals surface area contributed by atoms with Crippen LogP contribution in [0, 0.1) is 12.7 Å². The number of halogens is 1. The Bertz CT molecular complexity index is 484. The highest BCUT2D eigenvalue weighted by atomic mass is 32.1. The van der Waals surface area contributed by atoms with E-state index in [1.54, 1.807) is 17.5 Å². The molecule has 1 unspecified atom stereocenters. The molecule has 3 nitrogen and oxygen atoms in total. The fourth-order valence-electron chi connectivity index (χ4n) is 1.62. The molecule has 5 heteroatoms. The highest BCUT2D eigenvalue weighted by molar-refractivity contribution is 7.08. The summed E-state index contributed by atoms with van der Waals surface area (Å²) in [6.07, 6.45) is 2.79. The van der Waals surface area contributed by atoms with Gasteiger partial charge in [0.2, 0.25) is 0 Å². The standard InChI is InChI=1S/C11H12FN3S/c1-7-5-16-6-10(7)11(15-13)8-2-9(12)4-14-3-8/h2-6,11,15H,13H2,1H3. The van der Waals surface area contributed by atoms with Gasteiger partial charge in [-0.2, -0.15) is 11.3 Å². The highest BCUT2D eigenvalue weighted by Gasteiger charge is 2.16. The van der Waals surface area contributed by atoms with Crippen molar-refractivity contribution in [3.05, 3.63) is 51.7 Å². The third-order valence-corrected chi connectivity index (χ3v) is 3.31. The van der Waals surface area contributed by atoms with Gasteiger partial charge in [-0.05, 0) is 40.4 Å². The number of hydrazine groups is 1. The van der Waals surface area contributed by atoms with Gasteiger partial charge in [-0.15, -0.1) is 0 Å². The molecule has 0 amide bonds. The summed E-state index contributed by atoms with van der Waals surface area (Å²) in [6.45, 7) is 2.00. The van der Waals surface area contributed by atoms with Gasteiger partial charge in [0, 0.05) is 6.20 Å². The molecule has 2 aromatic heterocycles. The summed E-state index contributed by atoms with van der Waals surface area (Å²) >= 11 is 1.60. The number of hydrogen-bond acceptors (Lipinski definition) is 4. The Labute approximate surface area is 97.1 Å². The maximum Gasteiger partial charge on any atom is 0.141 e. The van der Waals surface area contributed by atoms with Crippen molar-refractivity contribution in [3.63, 3.8) is 0 Å². The molecule has 0 aliphatic heterocycles. The summed E-state index contributed by atoms with van der Waals surface area (Å²) in [5.41, 5.74) is 5.61. The van der Waals surface area contributed by atoms with Crippen LogP contribution >= 0.6 is 11.3 Å². The van der Waals surface area contributed by atoms with Crippen LogP contribution in [0.2, 0.25) is 0 Å². The molecule has 0 saturated heterocycles. The van der Waals surface area contributed by atoms with Crippen molar-refractivity contribution in [1.82, 2.24) is 10.4 Å². The van der Waals surface area contributed by atoms with E-state index < -0.39 is 0 Å². The van der Waals surface area contributed by atoms with Crippen LogP contribution in [0.25, 0.3) is 0 Å². The van der Waals surface area contributed by atoms with Gasteiger partial charge in [-0.25, -0.2) is 9.82 Å². The molecule has 0 aliphatic carbocycles. The smallest absolute Gasteiger partial charge is 0.141 e. The van der Waals surface area contributed by atoms with Gasteiger partial charge in [-0.1, -0.05) is 0 Å². The number of aryl methyl sites for hydroxylation is 1. The molecule has 84 valence electrons.